The van der Waals surface area contributed by atoms with Gasteiger partial charge >= 0.3 is 13.8 Å². The van der Waals surface area contributed by atoms with Crippen LogP contribution in [0.1, 0.15) is 24.9 Å². The summed E-state index contributed by atoms with van der Waals surface area (Å²) in [5.41, 5.74) is 10.5. The van der Waals surface area contributed by atoms with Crippen molar-refractivity contribution in [2.45, 2.75) is 31.8 Å². The van der Waals surface area contributed by atoms with Crippen LogP contribution in [0.25, 0.3) is 11.2 Å². The minimum Gasteiger partial charge on any atom is -0.382 e. The smallest absolute Gasteiger partial charge is 0.382 e. The van der Waals surface area contributed by atoms with E-state index in [-0.39, 0.29) is 18.6 Å². The Kier molecular flexibility index (Phi) is 7.89. The number of nitrogens with zero attached hydrogens (tertiary/aromatic N) is 4. The second-order valence-corrected chi connectivity index (χ2v) is 9.51. The Morgan fingerprint density at radius 2 is 2.09 bits per heavy atom. The van der Waals surface area contributed by atoms with Crippen LogP contribution in [0.4, 0.5) is 5.82 Å². The molecule has 35 heavy (non-hydrogen) atoms. The number of nitrogens with one attached hydrogen (secondary N) is 1. The van der Waals surface area contributed by atoms with Crippen molar-refractivity contribution in [1.29, 1.82) is 0 Å². The number of carbonyl (C=O) groups is 1. The first-order chi connectivity index (χ1) is 16.8. The minimum atomic E-state index is -4.60. The second kappa shape index (κ2) is 11.1. The van der Waals surface area contributed by atoms with Gasteiger partial charge in [-0.25, -0.2) is 24.3 Å². The van der Waals surface area contributed by atoms with E-state index < -0.39 is 19.8 Å². The number of benzene rings is 1. The third kappa shape index (κ3) is 6.50. The average molecular weight is 502 g/mol. The summed E-state index contributed by atoms with van der Waals surface area (Å²) >= 11 is 0. The maximum Gasteiger partial charge on any atom is 0.529 e. The third-order valence-electron chi connectivity index (χ3n) is 5.50. The van der Waals surface area contributed by atoms with Crippen LogP contribution in [0, 0.1) is 5.92 Å². The molecule has 3 aromatic rings. The van der Waals surface area contributed by atoms with Crippen LogP contribution >= 0.6 is 7.82 Å². The van der Waals surface area contributed by atoms with Crippen molar-refractivity contribution in [1.82, 2.24) is 25.0 Å². The Morgan fingerprint density at radius 1 is 1.29 bits per heavy atom. The predicted octanol–water partition coefficient (Wildman–Crippen LogP) is 2.34. The van der Waals surface area contributed by atoms with Gasteiger partial charge in [0.25, 0.3) is 0 Å². The van der Waals surface area contributed by atoms with Crippen LogP contribution < -0.4 is 11.2 Å². The summed E-state index contributed by atoms with van der Waals surface area (Å²) in [4.78, 5) is 39.8. The summed E-state index contributed by atoms with van der Waals surface area (Å²) < 4.78 is 23.9. The lowest BCUT2D eigenvalue weighted by Gasteiger charge is -2.18. The molecule has 1 aliphatic carbocycles. The summed E-state index contributed by atoms with van der Waals surface area (Å²) in [6.45, 7) is 1.67. The number of nitrogens with two attached hydrogens (primary N) is 1. The van der Waals surface area contributed by atoms with Crippen LogP contribution in [0.15, 0.2) is 55.1 Å². The molecule has 1 aromatic carbocycles. The van der Waals surface area contributed by atoms with Gasteiger partial charge in [0.05, 0.1) is 25.6 Å². The summed E-state index contributed by atoms with van der Waals surface area (Å²) in [5.74, 6) is -0.839. The van der Waals surface area contributed by atoms with E-state index in [0.717, 1.165) is 5.56 Å². The molecule has 186 valence electrons. The predicted molar refractivity (Wildman–Crippen MR) is 127 cm³/mol. The highest BCUT2D eigenvalue weighted by Crippen LogP contribution is 2.45. The lowest BCUT2D eigenvalue weighted by molar-refractivity contribution is -0.142. The Morgan fingerprint density at radius 3 is 2.89 bits per heavy atom. The van der Waals surface area contributed by atoms with Gasteiger partial charge in [0, 0.05) is 5.92 Å². The number of hydrogen-bond acceptors (Lipinski definition) is 10. The molecule has 0 saturated heterocycles. The monoisotopic (exact) mass is 502 g/mol. The Labute approximate surface area is 201 Å². The molecule has 2 heterocycles. The SMILES string of the molecule is C[C@H](NOCCc1ccccc1)C(=O)OP(=O)(O)OC[C@H]1C=C[C@@H](n2cnc3c(N)ncnc32)C1. The highest BCUT2D eigenvalue weighted by atomic mass is 31.2. The molecule has 4 rings (SSSR count). The van der Waals surface area contributed by atoms with E-state index in [1.54, 1.807) is 6.33 Å². The highest BCUT2D eigenvalue weighted by molar-refractivity contribution is 7.48. The molecule has 1 unspecified atom stereocenters. The van der Waals surface area contributed by atoms with Gasteiger partial charge in [0.2, 0.25) is 0 Å². The number of carbonyl (C=O) groups excluding carboxylic acids is 1. The van der Waals surface area contributed by atoms with Crippen LogP contribution in [-0.4, -0.2) is 49.6 Å². The van der Waals surface area contributed by atoms with Crippen molar-refractivity contribution in [2.24, 2.45) is 5.92 Å². The zero-order valence-corrected chi connectivity index (χ0v) is 20.0. The number of phosphoric acid groups is 1. The number of imidazole rings is 1. The van der Waals surface area contributed by atoms with Crippen molar-refractivity contribution in [2.75, 3.05) is 18.9 Å². The molecule has 0 radical (unpaired) electrons. The van der Waals surface area contributed by atoms with E-state index in [0.29, 0.717) is 36.4 Å². The topological polar surface area (TPSA) is 164 Å². The first kappa shape index (κ1) is 25.0. The number of aromatic nitrogens is 4. The quantitative estimate of drug-likeness (QED) is 0.153. The summed E-state index contributed by atoms with van der Waals surface area (Å²) in [6, 6.07) is 8.65. The molecule has 0 saturated carbocycles. The van der Waals surface area contributed by atoms with Crippen LogP contribution in [0.2, 0.25) is 0 Å². The molecular formula is C22H27N6O6P. The van der Waals surface area contributed by atoms with E-state index in [1.807, 2.05) is 47.1 Å². The molecule has 12 nitrogen and oxygen atoms in total. The average Bonchev–Trinajstić information content (AvgIpc) is 3.48. The van der Waals surface area contributed by atoms with E-state index >= 15 is 0 Å². The molecule has 0 spiro atoms. The van der Waals surface area contributed by atoms with Gasteiger partial charge in [-0.05, 0) is 25.3 Å². The molecule has 2 aromatic heterocycles. The fraction of sp³-hybridized carbons (Fsp3) is 0.364. The molecule has 0 amide bonds. The highest BCUT2D eigenvalue weighted by Gasteiger charge is 2.31. The van der Waals surface area contributed by atoms with Gasteiger partial charge in [0.15, 0.2) is 11.5 Å². The van der Waals surface area contributed by atoms with E-state index in [9.17, 15) is 14.3 Å². The van der Waals surface area contributed by atoms with Gasteiger partial charge in [-0.2, -0.15) is 5.48 Å². The number of hydrogen-bond donors (Lipinski definition) is 3. The Hall–Kier alpha value is -3.15. The molecule has 0 bridgehead atoms. The molecule has 0 fully saturated rings. The van der Waals surface area contributed by atoms with Gasteiger partial charge in [-0.1, -0.05) is 42.5 Å². The zero-order chi connectivity index (χ0) is 24.8. The van der Waals surface area contributed by atoms with Crippen molar-refractivity contribution in [3.63, 3.8) is 0 Å². The van der Waals surface area contributed by atoms with E-state index in [4.69, 9.17) is 15.1 Å². The summed E-state index contributed by atoms with van der Waals surface area (Å²) in [5, 5.41) is 0. The van der Waals surface area contributed by atoms with Gasteiger partial charge < -0.3 is 19.7 Å². The lowest BCUT2D eigenvalue weighted by atomic mass is 10.1. The number of allylic oxidation sites excluding steroid dienone is 1. The van der Waals surface area contributed by atoms with Gasteiger partial charge in [-0.3, -0.25) is 9.42 Å². The lowest BCUT2D eigenvalue weighted by Crippen LogP contribution is -2.35. The number of phosphoric ester groups is 1. The number of rotatable bonds is 11. The van der Waals surface area contributed by atoms with Gasteiger partial charge in [0.1, 0.15) is 17.9 Å². The fourth-order valence-corrected chi connectivity index (χ4v) is 4.47. The van der Waals surface area contributed by atoms with Crippen LogP contribution in [-0.2, 0) is 29.7 Å². The van der Waals surface area contributed by atoms with Crippen LogP contribution in [0.5, 0.6) is 0 Å². The van der Waals surface area contributed by atoms with E-state index in [2.05, 4.69) is 25.0 Å². The maximum absolute atomic E-state index is 12.3. The number of nitrogen functional groups attached to an aromatic ring is 1. The largest absolute Gasteiger partial charge is 0.529 e. The van der Waals surface area contributed by atoms with E-state index in [1.165, 1.54) is 13.3 Å². The summed E-state index contributed by atoms with van der Waals surface area (Å²) in [6.07, 6.45) is 8.02. The van der Waals surface area contributed by atoms with Crippen molar-refractivity contribution >= 4 is 30.8 Å². The van der Waals surface area contributed by atoms with Crippen LogP contribution in [0.3, 0.4) is 0 Å². The van der Waals surface area contributed by atoms with Crippen molar-refractivity contribution < 1.29 is 28.1 Å². The molecular weight excluding hydrogens is 475 g/mol. The standard InChI is InChI=1S/C22H27N6O6P/c1-15(27-32-10-9-16-5-3-2-4-6-16)22(29)34-35(30,31)33-12-17-7-8-18(11-17)28-14-26-19-20(23)24-13-25-21(19)28/h2-8,13-15,17-18,27H,9-12H2,1H3,(H,30,31)(H2,23,24,25)/t15-,17-,18+/m0/s1. The first-order valence-electron chi connectivity index (χ1n) is 11.1. The first-order valence-corrected chi connectivity index (χ1v) is 12.6. The number of fused-ring (bicyclic) bond motifs is 1. The second-order valence-electron chi connectivity index (χ2n) is 8.13. The minimum absolute atomic E-state index is 0.0826. The maximum atomic E-state index is 12.3. The Balaban J connectivity index is 1.20. The van der Waals surface area contributed by atoms with Gasteiger partial charge in [-0.15, -0.1) is 0 Å². The normalized spacial score (nSPS) is 20.1. The number of hydroxylamine groups is 1. The third-order valence-corrected chi connectivity index (χ3v) is 6.39. The Bertz CT molecular complexity index is 1240. The molecule has 4 atom stereocenters. The molecule has 4 N–H and O–H groups in total. The molecule has 0 aliphatic heterocycles. The van der Waals surface area contributed by atoms with Crippen molar-refractivity contribution in [3.8, 4) is 0 Å². The van der Waals surface area contributed by atoms with Crippen molar-refractivity contribution in [3.05, 3.63) is 60.7 Å². The summed E-state index contributed by atoms with van der Waals surface area (Å²) in [7, 11) is -4.60. The molecule has 13 heteroatoms. The number of anilines is 1. The fourth-order valence-electron chi connectivity index (χ4n) is 3.65. The molecule has 1 aliphatic rings. The zero-order valence-electron chi connectivity index (χ0n) is 19.1.